The van der Waals surface area contributed by atoms with Crippen LogP contribution in [0.3, 0.4) is 0 Å². The van der Waals surface area contributed by atoms with Gasteiger partial charge in [0, 0.05) is 33.6 Å². The number of benzene rings is 5. The molecule has 0 unspecified atom stereocenters. The molecule has 0 radical (unpaired) electrons. The van der Waals surface area contributed by atoms with Crippen molar-refractivity contribution in [2.24, 2.45) is 9.98 Å². The summed E-state index contributed by atoms with van der Waals surface area (Å²) in [4.78, 5) is 64.0. The van der Waals surface area contributed by atoms with Gasteiger partial charge in [0.05, 0.1) is 26.9 Å². The highest BCUT2D eigenvalue weighted by Gasteiger charge is 2.52. The molecule has 9 heteroatoms. The first-order chi connectivity index (χ1) is 28.9. The minimum atomic E-state index is -0.325. The summed E-state index contributed by atoms with van der Waals surface area (Å²) < 4.78 is 0. The van der Waals surface area contributed by atoms with Gasteiger partial charge < -0.3 is 0 Å². The van der Waals surface area contributed by atoms with E-state index in [2.05, 4.69) is 30.3 Å². The van der Waals surface area contributed by atoms with E-state index in [4.69, 9.17) is 20.0 Å². The molecule has 0 saturated heterocycles. The van der Waals surface area contributed by atoms with E-state index in [-0.39, 0.29) is 32.8 Å². The van der Waals surface area contributed by atoms with Gasteiger partial charge in [0.15, 0.2) is 5.36 Å². The molecule has 8 aromatic rings. The lowest BCUT2D eigenvalue weighted by Crippen LogP contribution is -2.31. The maximum Gasteiger partial charge on any atom is 0.216 e. The van der Waals surface area contributed by atoms with Gasteiger partial charge >= 0.3 is 0 Å². The molecular formula is C50H36N4O3S2. The zero-order chi connectivity index (χ0) is 39.2. The average Bonchev–Trinajstić information content (AvgIpc) is 4.09. The molecule has 7 nitrogen and oxygen atoms in total. The van der Waals surface area contributed by atoms with E-state index >= 15 is 0 Å². The molecule has 286 valence electrons. The van der Waals surface area contributed by atoms with Crippen molar-refractivity contribution in [3.63, 3.8) is 0 Å². The van der Waals surface area contributed by atoms with Crippen molar-refractivity contribution in [2.45, 2.75) is 81.5 Å². The maximum absolute atomic E-state index is 13.7. The van der Waals surface area contributed by atoms with Crippen LogP contribution in [0.15, 0.2) is 105 Å². The molecule has 0 atom stereocenters. The van der Waals surface area contributed by atoms with Gasteiger partial charge in [-0.1, -0.05) is 116 Å². The summed E-state index contributed by atoms with van der Waals surface area (Å²) in [6.45, 7) is 0. The molecule has 0 bridgehead atoms. The standard InChI is InChI=1S/C50H36N4O3S2/c55-40-31-20-27-12-4-3-11-26(27)19-30(31)23-38(40)51-47-53-45-43(58-47)34-24-37-35(25-36(34)49(45)15-7-1-8-16-49)44-46(50(37)17-9-2-10-18-50)54-48(59-44)52-39-41(56)32-21-28-13-5-6-14-29(28)22-33(32)42(39)57/h3-6,11-14,19-22,24-25H,1-2,7-10,15-18,23H2/b51-38+. The second-order valence-electron chi connectivity index (χ2n) is 17.4. The van der Waals surface area contributed by atoms with E-state index in [1.54, 1.807) is 11.3 Å². The maximum atomic E-state index is 13.7. The number of Topliss-reactive ketones (excluding diaryl/α,β-unsaturated/α-hetero) is 1. The van der Waals surface area contributed by atoms with Crippen LogP contribution in [0, 0.1) is 0 Å². The average molecular weight is 805 g/mol. The lowest BCUT2D eigenvalue weighted by atomic mass is 9.67. The van der Waals surface area contributed by atoms with Crippen LogP contribution in [0.2, 0.25) is 0 Å². The van der Waals surface area contributed by atoms with Crippen LogP contribution >= 0.6 is 22.7 Å². The van der Waals surface area contributed by atoms with Crippen LogP contribution in [0.25, 0.3) is 53.2 Å². The summed E-state index contributed by atoms with van der Waals surface area (Å²) in [5, 5.41) is 6.02. The molecule has 2 spiro atoms. The number of aromatic nitrogens is 2. The summed E-state index contributed by atoms with van der Waals surface area (Å²) in [7, 11) is 0. The fraction of sp³-hybridized carbons (Fsp3) is 0.260. The largest absolute Gasteiger partial charge is 0.287 e. The highest BCUT2D eigenvalue weighted by Crippen LogP contribution is 2.64. The van der Waals surface area contributed by atoms with Crippen LogP contribution < -0.4 is 16.2 Å². The van der Waals surface area contributed by atoms with Crippen molar-refractivity contribution >= 4 is 76.7 Å². The van der Waals surface area contributed by atoms with Gasteiger partial charge in [-0.05, 0) is 105 Å². The number of rotatable bonds is 2. The summed E-state index contributed by atoms with van der Waals surface area (Å²) in [5.41, 5.74) is 8.63. The van der Waals surface area contributed by atoms with Crippen molar-refractivity contribution in [1.82, 2.24) is 9.97 Å². The summed E-state index contributed by atoms with van der Waals surface area (Å²) in [6, 6.07) is 28.7. The Labute approximate surface area is 346 Å². The molecule has 59 heavy (non-hydrogen) atoms. The number of fused-ring (bicyclic) bond motifs is 14. The summed E-state index contributed by atoms with van der Waals surface area (Å²) >= 11 is 3.16. The second-order valence-corrected chi connectivity index (χ2v) is 19.3. The number of hydrogen-bond donors (Lipinski definition) is 0. The van der Waals surface area contributed by atoms with Crippen molar-refractivity contribution in [3.05, 3.63) is 144 Å². The van der Waals surface area contributed by atoms with Crippen LogP contribution in [-0.2, 0) is 17.3 Å². The highest BCUT2D eigenvalue weighted by molar-refractivity contribution is 7.19. The van der Waals surface area contributed by atoms with Gasteiger partial charge in [-0.2, -0.15) is 0 Å². The molecule has 2 fully saturated rings. The molecule has 2 saturated carbocycles. The molecule has 5 aliphatic rings. The third-order valence-corrected chi connectivity index (χ3v) is 16.3. The van der Waals surface area contributed by atoms with Crippen LogP contribution in [0.5, 0.6) is 0 Å². The smallest absolute Gasteiger partial charge is 0.216 e. The number of carbonyl (C=O) groups excluding carboxylic acids is 1. The molecule has 0 amide bonds. The van der Waals surface area contributed by atoms with E-state index < -0.39 is 0 Å². The van der Waals surface area contributed by atoms with Crippen molar-refractivity contribution in [1.29, 1.82) is 0 Å². The molecule has 6 aromatic carbocycles. The minimum absolute atomic E-state index is 0.00821. The number of thiazole rings is 2. The van der Waals surface area contributed by atoms with Crippen LogP contribution in [0.4, 0.5) is 10.3 Å². The van der Waals surface area contributed by atoms with Crippen LogP contribution in [-0.4, -0.2) is 21.5 Å². The molecule has 0 aliphatic heterocycles. The molecule has 0 N–H and O–H groups in total. The molecule has 2 aromatic heterocycles. The minimum Gasteiger partial charge on any atom is -0.287 e. The topological polar surface area (TPSA) is 102 Å². The van der Waals surface area contributed by atoms with E-state index in [1.807, 2.05) is 54.6 Å². The number of aliphatic imine (C=N–C) groups is 1. The molecule has 2 heterocycles. The lowest BCUT2D eigenvalue weighted by molar-refractivity contribution is 0.106. The monoisotopic (exact) mass is 804 g/mol. The first kappa shape index (κ1) is 34.1. The lowest BCUT2D eigenvalue weighted by Gasteiger charge is -2.36. The van der Waals surface area contributed by atoms with E-state index in [0.717, 1.165) is 100 Å². The number of hydrogen-bond acceptors (Lipinski definition) is 9. The van der Waals surface area contributed by atoms with Gasteiger partial charge in [0.25, 0.3) is 0 Å². The van der Waals surface area contributed by atoms with Crippen molar-refractivity contribution < 1.29 is 4.79 Å². The quantitative estimate of drug-likeness (QED) is 0.173. The predicted molar refractivity (Wildman–Crippen MR) is 237 cm³/mol. The second kappa shape index (κ2) is 12.1. The first-order valence-corrected chi connectivity index (χ1v) is 22.6. The Hall–Kier alpha value is -5.77. The SMILES string of the molecule is O=C1/C(=N/c2nc3c(s2)-c2cc4c(cc2C32CCCCC2)-c2sc(N=c3c(=O)c5cc6ccccc6cc5c3=O)nc2C42CCCCC2)Cc2cc3ccccc3cc21. The van der Waals surface area contributed by atoms with Gasteiger partial charge in [-0.3, -0.25) is 14.4 Å². The van der Waals surface area contributed by atoms with E-state index in [9.17, 15) is 14.4 Å². The van der Waals surface area contributed by atoms with Gasteiger partial charge in [0.1, 0.15) is 0 Å². The first-order valence-electron chi connectivity index (χ1n) is 21.0. The highest BCUT2D eigenvalue weighted by atomic mass is 32.1. The van der Waals surface area contributed by atoms with Crippen LogP contribution in [0.1, 0.15) is 103 Å². The summed E-state index contributed by atoms with van der Waals surface area (Å²) in [6.07, 6.45) is 11.5. The number of ketones is 1. The third-order valence-electron chi connectivity index (χ3n) is 14.3. The zero-order valence-corrected chi connectivity index (χ0v) is 33.8. The Morgan fingerprint density at radius 1 is 0.525 bits per heavy atom. The van der Waals surface area contributed by atoms with Gasteiger partial charge in [-0.25, -0.2) is 20.0 Å². The summed E-state index contributed by atoms with van der Waals surface area (Å²) in [5.74, 6) is 0.00821. The fourth-order valence-corrected chi connectivity index (χ4v) is 13.7. The normalized spacial score (nSPS) is 18.9. The fourth-order valence-electron chi connectivity index (χ4n) is 11.5. The Kier molecular flexibility index (Phi) is 7.03. The van der Waals surface area contributed by atoms with Crippen molar-refractivity contribution in [2.75, 3.05) is 0 Å². The predicted octanol–water partition coefficient (Wildman–Crippen LogP) is 10.9. The zero-order valence-electron chi connectivity index (χ0n) is 32.2. The number of carbonyl (C=O) groups is 1. The Balaban J connectivity index is 0.945. The molecular weight excluding hydrogens is 769 g/mol. The Morgan fingerprint density at radius 3 is 1.53 bits per heavy atom. The number of nitrogens with zero attached hydrogens (tertiary/aromatic N) is 4. The molecule has 13 rings (SSSR count). The molecule has 5 aliphatic carbocycles. The van der Waals surface area contributed by atoms with E-state index in [1.165, 1.54) is 51.3 Å². The third kappa shape index (κ3) is 4.66. The Morgan fingerprint density at radius 2 is 1.00 bits per heavy atom. The van der Waals surface area contributed by atoms with Gasteiger partial charge in [-0.15, -0.1) is 0 Å². The van der Waals surface area contributed by atoms with Gasteiger partial charge in [0.2, 0.25) is 26.9 Å². The Bertz CT molecular complexity index is 3340. The van der Waals surface area contributed by atoms with E-state index in [0.29, 0.717) is 33.2 Å². The van der Waals surface area contributed by atoms with Crippen molar-refractivity contribution in [3.8, 4) is 20.9 Å².